The summed E-state index contributed by atoms with van der Waals surface area (Å²) in [6.45, 7) is 0.253. The van der Waals surface area contributed by atoms with Gasteiger partial charge >= 0.3 is 0 Å². The van der Waals surface area contributed by atoms with E-state index in [0.29, 0.717) is 5.56 Å². The first kappa shape index (κ1) is 17.8. The molecule has 0 fully saturated rings. The zero-order valence-electron chi connectivity index (χ0n) is 12.9. The van der Waals surface area contributed by atoms with Crippen molar-refractivity contribution in [2.75, 3.05) is 0 Å². The van der Waals surface area contributed by atoms with Gasteiger partial charge in [0.05, 0.1) is 4.90 Å². The number of hydrogen-bond acceptors (Lipinski definition) is 4. The summed E-state index contributed by atoms with van der Waals surface area (Å²) in [5.41, 5.74) is 1.33. The number of nitrogens with one attached hydrogen (secondary N) is 1. The number of nitrogens with two attached hydrogens (primary N) is 1. The van der Waals surface area contributed by atoms with E-state index in [1.165, 1.54) is 12.1 Å². The van der Waals surface area contributed by atoms with Crippen molar-refractivity contribution in [3.8, 4) is 0 Å². The van der Waals surface area contributed by atoms with Gasteiger partial charge in [0.2, 0.25) is 15.9 Å². The van der Waals surface area contributed by atoms with E-state index in [1.807, 2.05) is 6.07 Å². The standard InChI is InChI=1S/C17H18N2O4S/c18-24(22,23)15-8-6-13(7-9-15)12-19-17(21)11-10-16(20)14-4-2-1-3-5-14/h1-9H,10-12H2,(H,19,21)(H2,18,22,23). The van der Waals surface area contributed by atoms with Crippen LogP contribution in [0.15, 0.2) is 59.5 Å². The van der Waals surface area contributed by atoms with Gasteiger partial charge in [0.25, 0.3) is 0 Å². The maximum atomic E-state index is 11.9. The SMILES string of the molecule is NS(=O)(=O)c1ccc(CNC(=O)CCC(=O)c2ccccc2)cc1. The molecule has 0 heterocycles. The van der Waals surface area contributed by atoms with Crippen molar-refractivity contribution in [1.29, 1.82) is 0 Å². The van der Waals surface area contributed by atoms with Crippen LogP contribution >= 0.6 is 0 Å². The summed E-state index contributed by atoms with van der Waals surface area (Å²) in [5.74, 6) is -0.321. The molecule has 0 aliphatic carbocycles. The van der Waals surface area contributed by atoms with Crippen molar-refractivity contribution in [3.63, 3.8) is 0 Å². The first-order valence-corrected chi connectivity index (χ1v) is 8.87. The van der Waals surface area contributed by atoms with Crippen molar-refractivity contribution in [1.82, 2.24) is 5.32 Å². The topological polar surface area (TPSA) is 106 Å². The molecule has 7 heteroatoms. The Morgan fingerprint density at radius 1 is 0.917 bits per heavy atom. The molecule has 0 atom stereocenters. The highest BCUT2D eigenvalue weighted by Crippen LogP contribution is 2.09. The van der Waals surface area contributed by atoms with Crippen LogP contribution < -0.4 is 10.5 Å². The molecule has 2 rings (SSSR count). The highest BCUT2D eigenvalue weighted by Gasteiger charge is 2.10. The number of carbonyl (C=O) groups is 2. The lowest BCUT2D eigenvalue weighted by molar-refractivity contribution is -0.121. The van der Waals surface area contributed by atoms with Crippen LogP contribution in [0, 0.1) is 0 Å². The van der Waals surface area contributed by atoms with Gasteiger partial charge in [-0.2, -0.15) is 0 Å². The van der Waals surface area contributed by atoms with Gasteiger partial charge in [-0.15, -0.1) is 0 Å². The minimum absolute atomic E-state index is 0.0195. The zero-order valence-corrected chi connectivity index (χ0v) is 13.8. The summed E-state index contributed by atoms with van der Waals surface area (Å²) < 4.78 is 22.3. The number of hydrogen-bond donors (Lipinski definition) is 2. The van der Waals surface area contributed by atoms with Crippen LogP contribution in [-0.2, 0) is 21.4 Å². The number of ketones is 1. The molecule has 0 saturated carbocycles. The molecule has 0 aliphatic heterocycles. The van der Waals surface area contributed by atoms with Crippen LogP contribution in [0.1, 0.15) is 28.8 Å². The largest absolute Gasteiger partial charge is 0.352 e. The second-order valence-electron chi connectivity index (χ2n) is 5.25. The van der Waals surface area contributed by atoms with Crippen molar-refractivity contribution in [3.05, 3.63) is 65.7 Å². The van der Waals surface area contributed by atoms with E-state index in [4.69, 9.17) is 5.14 Å². The molecule has 1 amide bonds. The minimum atomic E-state index is -3.72. The Hall–Kier alpha value is -2.51. The molecule has 0 bridgehead atoms. The first-order chi connectivity index (χ1) is 11.4. The van der Waals surface area contributed by atoms with Crippen molar-refractivity contribution in [2.45, 2.75) is 24.3 Å². The van der Waals surface area contributed by atoms with E-state index in [2.05, 4.69) is 5.32 Å². The Labute approximate surface area is 140 Å². The average Bonchev–Trinajstić information content (AvgIpc) is 2.58. The molecule has 0 radical (unpaired) electrons. The normalized spacial score (nSPS) is 11.0. The van der Waals surface area contributed by atoms with Gasteiger partial charge in [-0.05, 0) is 17.7 Å². The van der Waals surface area contributed by atoms with Gasteiger partial charge in [-0.25, -0.2) is 13.6 Å². The summed E-state index contributed by atoms with van der Waals surface area (Å²) in [7, 11) is -3.72. The third-order valence-electron chi connectivity index (χ3n) is 3.42. The predicted octanol–water partition coefficient (Wildman–Crippen LogP) is 1.61. The molecule has 126 valence electrons. The molecule has 2 aromatic rings. The Morgan fingerprint density at radius 2 is 1.54 bits per heavy atom. The number of sulfonamides is 1. The molecular formula is C17H18N2O4S. The Morgan fingerprint density at radius 3 is 2.12 bits per heavy atom. The van der Waals surface area contributed by atoms with Gasteiger partial charge in [-0.1, -0.05) is 42.5 Å². The molecule has 0 spiro atoms. The van der Waals surface area contributed by atoms with Crippen molar-refractivity contribution < 1.29 is 18.0 Å². The fraction of sp³-hybridized carbons (Fsp3) is 0.176. The monoisotopic (exact) mass is 346 g/mol. The fourth-order valence-corrected chi connectivity index (χ4v) is 2.60. The maximum absolute atomic E-state index is 11.9. The molecule has 24 heavy (non-hydrogen) atoms. The van der Waals surface area contributed by atoms with Crippen LogP contribution in [-0.4, -0.2) is 20.1 Å². The molecule has 0 saturated heterocycles. The Bertz CT molecular complexity index is 815. The molecule has 0 aliphatic rings. The number of primary sulfonamides is 1. The quantitative estimate of drug-likeness (QED) is 0.743. The predicted molar refractivity (Wildman–Crippen MR) is 89.7 cm³/mol. The number of amides is 1. The molecule has 0 unspecified atom stereocenters. The lowest BCUT2D eigenvalue weighted by Crippen LogP contribution is -2.23. The summed E-state index contributed by atoms with van der Waals surface area (Å²) in [6.07, 6.45) is 0.239. The summed E-state index contributed by atoms with van der Waals surface area (Å²) in [5, 5.41) is 7.71. The van der Waals surface area contributed by atoms with E-state index in [1.54, 1.807) is 36.4 Å². The number of benzene rings is 2. The van der Waals surface area contributed by atoms with Crippen molar-refractivity contribution >= 4 is 21.7 Å². The minimum Gasteiger partial charge on any atom is -0.352 e. The maximum Gasteiger partial charge on any atom is 0.238 e. The van der Waals surface area contributed by atoms with Crippen LogP contribution in [0.2, 0.25) is 0 Å². The smallest absolute Gasteiger partial charge is 0.238 e. The Kier molecular flexibility index (Phi) is 5.83. The number of Topliss-reactive ketones (excluding diaryl/α,β-unsaturated/α-hetero) is 1. The molecule has 2 aromatic carbocycles. The van der Waals surface area contributed by atoms with Gasteiger partial charge in [0.15, 0.2) is 5.78 Å². The second-order valence-corrected chi connectivity index (χ2v) is 6.82. The molecular weight excluding hydrogens is 328 g/mol. The average molecular weight is 346 g/mol. The number of carbonyl (C=O) groups excluding carboxylic acids is 2. The second kappa shape index (κ2) is 7.85. The van der Waals surface area contributed by atoms with Crippen LogP contribution in [0.4, 0.5) is 0 Å². The lowest BCUT2D eigenvalue weighted by Gasteiger charge is -2.06. The summed E-state index contributed by atoms with van der Waals surface area (Å²) in [4.78, 5) is 23.7. The van der Waals surface area contributed by atoms with Crippen LogP contribution in [0.5, 0.6) is 0 Å². The van der Waals surface area contributed by atoms with E-state index in [-0.39, 0.29) is 36.0 Å². The van der Waals surface area contributed by atoms with Crippen molar-refractivity contribution in [2.24, 2.45) is 5.14 Å². The zero-order chi connectivity index (χ0) is 17.6. The van der Waals surface area contributed by atoms with Crippen LogP contribution in [0.3, 0.4) is 0 Å². The Balaban J connectivity index is 1.80. The highest BCUT2D eigenvalue weighted by atomic mass is 32.2. The van der Waals surface area contributed by atoms with Gasteiger partial charge in [0.1, 0.15) is 0 Å². The van der Waals surface area contributed by atoms with Gasteiger partial charge in [-0.3, -0.25) is 9.59 Å². The lowest BCUT2D eigenvalue weighted by atomic mass is 10.1. The van der Waals surface area contributed by atoms with E-state index < -0.39 is 10.0 Å². The molecule has 0 aromatic heterocycles. The van der Waals surface area contributed by atoms with Gasteiger partial charge in [0, 0.05) is 24.9 Å². The molecule has 3 N–H and O–H groups in total. The van der Waals surface area contributed by atoms with E-state index in [9.17, 15) is 18.0 Å². The van der Waals surface area contributed by atoms with Gasteiger partial charge < -0.3 is 5.32 Å². The molecule has 6 nitrogen and oxygen atoms in total. The van der Waals surface area contributed by atoms with E-state index >= 15 is 0 Å². The van der Waals surface area contributed by atoms with E-state index in [0.717, 1.165) is 5.56 Å². The third-order valence-corrected chi connectivity index (χ3v) is 4.35. The summed E-state index contributed by atoms with van der Waals surface area (Å²) in [6, 6.07) is 14.7. The first-order valence-electron chi connectivity index (χ1n) is 7.33. The number of rotatable bonds is 7. The summed E-state index contributed by atoms with van der Waals surface area (Å²) >= 11 is 0. The highest BCUT2D eigenvalue weighted by molar-refractivity contribution is 7.89. The third kappa shape index (κ3) is 5.29. The van der Waals surface area contributed by atoms with Crippen LogP contribution in [0.25, 0.3) is 0 Å². The fourth-order valence-electron chi connectivity index (χ4n) is 2.08.